The third kappa shape index (κ3) is 12.1. The molecule has 6 aromatic rings. The lowest BCUT2D eigenvalue weighted by Gasteiger charge is -2.34. The lowest BCUT2D eigenvalue weighted by molar-refractivity contribution is -0.128. The van der Waals surface area contributed by atoms with Crippen LogP contribution >= 0.6 is 0 Å². The summed E-state index contributed by atoms with van der Waals surface area (Å²) in [5.74, 6) is -0.142. The minimum Gasteiger partial charge on any atom is -0.493 e. The lowest BCUT2D eigenvalue weighted by atomic mass is 9.98. The second kappa shape index (κ2) is 25.3. The number of alkyl carbamates (subject to hydrolysis) is 1. The van der Waals surface area contributed by atoms with Crippen molar-refractivity contribution in [1.29, 1.82) is 0 Å². The van der Waals surface area contributed by atoms with Crippen LogP contribution in [0.3, 0.4) is 0 Å². The van der Waals surface area contributed by atoms with Gasteiger partial charge in [0, 0.05) is 99.7 Å². The van der Waals surface area contributed by atoms with Crippen molar-refractivity contribution in [3.63, 3.8) is 0 Å². The Labute approximate surface area is 511 Å². The molecule has 5 amide bonds. The molecule has 19 nitrogen and oxygen atoms in total. The van der Waals surface area contributed by atoms with Gasteiger partial charge < -0.3 is 59.2 Å². The Bertz CT molecular complexity index is 3770. The van der Waals surface area contributed by atoms with Crippen molar-refractivity contribution < 1.29 is 47.7 Å². The lowest BCUT2D eigenvalue weighted by Crippen LogP contribution is -2.53. The van der Waals surface area contributed by atoms with Crippen LogP contribution in [0.15, 0.2) is 144 Å². The third-order valence-corrected chi connectivity index (χ3v) is 17.2. The Morgan fingerprint density at radius 3 is 1.62 bits per heavy atom. The van der Waals surface area contributed by atoms with Crippen molar-refractivity contribution in [3.05, 3.63) is 167 Å². The number of likely N-dealkylation sites (N-methyl/N-ethyl adjacent to an activating group) is 1. The van der Waals surface area contributed by atoms with Gasteiger partial charge in [-0.1, -0.05) is 86.6 Å². The molecule has 0 spiro atoms. The van der Waals surface area contributed by atoms with E-state index in [1.54, 1.807) is 80.3 Å². The monoisotopic (exact) mass is 1190 g/mol. The number of carbonyl (C=O) groups is 5. The smallest absolute Gasteiger partial charge is 0.407 e. The molecule has 0 saturated carbocycles. The molecule has 1 fully saturated rings. The number of methoxy groups -OCH3 is 2. The second-order valence-corrected chi connectivity index (χ2v) is 23.2. The van der Waals surface area contributed by atoms with Crippen LogP contribution in [0.2, 0.25) is 0 Å². The number of carbonyl (C=O) groups excluding carboxylic acids is 5. The van der Waals surface area contributed by atoms with Gasteiger partial charge in [-0.15, -0.1) is 0 Å². The number of piperazine rings is 1. The molecule has 5 heterocycles. The normalized spacial score (nSPS) is 18.1. The maximum atomic E-state index is 14.2. The maximum Gasteiger partial charge on any atom is 0.407 e. The summed E-state index contributed by atoms with van der Waals surface area (Å²) < 4.78 is 29.6. The highest BCUT2D eigenvalue weighted by atomic mass is 16.5. The van der Waals surface area contributed by atoms with Crippen LogP contribution in [0.1, 0.15) is 88.9 Å². The van der Waals surface area contributed by atoms with Crippen LogP contribution in [-0.4, -0.2) is 148 Å². The average Bonchev–Trinajstić information content (AvgIpc) is 2.39. The molecule has 0 aromatic heterocycles. The molecule has 88 heavy (non-hydrogen) atoms. The first kappa shape index (κ1) is 58.6. The number of fused-ring (bicyclic) bond motifs is 7. The van der Waals surface area contributed by atoms with E-state index in [0.717, 1.165) is 70.7 Å². The number of ether oxygens (including phenoxy) is 5. The average molecular weight is 1190 g/mol. The number of nitrogens with one attached hydrogen (secondary N) is 3. The van der Waals surface area contributed by atoms with E-state index < -0.39 is 30.0 Å². The van der Waals surface area contributed by atoms with Crippen molar-refractivity contribution in [1.82, 2.24) is 25.3 Å². The first-order chi connectivity index (χ1) is 42.7. The Balaban J connectivity index is 0.610. The fourth-order valence-electron chi connectivity index (χ4n) is 12.2. The van der Waals surface area contributed by atoms with Crippen molar-refractivity contribution in [2.45, 2.75) is 70.1 Å². The summed E-state index contributed by atoms with van der Waals surface area (Å²) in [7, 11) is 5.21. The molecular formula is C69H71N9O10. The Kier molecular flexibility index (Phi) is 16.9. The van der Waals surface area contributed by atoms with Gasteiger partial charge in [0.25, 0.3) is 11.8 Å². The third-order valence-electron chi connectivity index (χ3n) is 17.2. The Hall–Kier alpha value is -9.75. The first-order valence-electron chi connectivity index (χ1n) is 29.9. The minimum atomic E-state index is -0.956. The summed E-state index contributed by atoms with van der Waals surface area (Å²) in [5.41, 5.74) is 11.8. The van der Waals surface area contributed by atoms with Crippen molar-refractivity contribution in [3.8, 4) is 34.1 Å². The number of hydrogen-bond acceptors (Lipinski definition) is 14. The number of amides is 5. The molecule has 3 N–H and O–H groups in total. The van der Waals surface area contributed by atoms with Crippen LogP contribution in [0.5, 0.6) is 23.0 Å². The summed E-state index contributed by atoms with van der Waals surface area (Å²) >= 11 is 0. The Morgan fingerprint density at radius 1 is 0.602 bits per heavy atom. The van der Waals surface area contributed by atoms with Gasteiger partial charge in [0.15, 0.2) is 23.0 Å². The standard InChI is InChI=1S/C69H71N9O10/c1-41(2)64(74-69(83)88-40-57-53-14-9-7-12-51(53)52-13-8-10-15-54(52)57)66(80)72-42(3)65(79)73-47-20-16-43(17-21-47)45-30-49-36-70-58-34-62(60(84-5)32-55(58)67(81)77(49)38-45)86-28-11-29-87-63-35-59-56(33-61(63)85-6)68(82)78-39-46(31-50(78)37-71-59)44-18-22-48(23-19-44)76-26-24-75(4)25-27-76/h7-10,12-23,32-39,41-42,49-50,57,64H,11,24-31,40H2,1-6H3,(H,72,80)(H,73,79)(H,74,83)/t42-,49?,50-,64-/m0/s1. The molecule has 1 unspecified atom stereocenters. The van der Waals surface area contributed by atoms with E-state index in [9.17, 15) is 24.0 Å². The molecule has 1 aliphatic carbocycles. The summed E-state index contributed by atoms with van der Waals surface area (Å²) in [6.45, 7) is 9.89. The zero-order valence-corrected chi connectivity index (χ0v) is 50.2. The molecule has 6 aromatic carbocycles. The van der Waals surface area contributed by atoms with E-state index in [1.165, 1.54) is 12.8 Å². The topological polar surface area (TPSA) is 205 Å². The number of aliphatic imine (C=N–C) groups is 2. The molecule has 12 rings (SSSR count). The van der Waals surface area contributed by atoms with Gasteiger partial charge in [-0.2, -0.15) is 0 Å². The molecule has 1 saturated heterocycles. The maximum absolute atomic E-state index is 14.2. The van der Waals surface area contributed by atoms with Gasteiger partial charge in [-0.3, -0.25) is 29.2 Å². The zero-order valence-electron chi connectivity index (χ0n) is 50.2. The fourth-order valence-corrected chi connectivity index (χ4v) is 12.2. The van der Waals surface area contributed by atoms with E-state index in [-0.39, 0.29) is 55.6 Å². The van der Waals surface area contributed by atoms with E-state index in [4.69, 9.17) is 33.7 Å². The van der Waals surface area contributed by atoms with Gasteiger partial charge in [-0.05, 0) is 101 Å². The predicted octanol–water partition coefficient (Wildman–Crippen LogP) is 10.3. The van der Waals surface area contributed by atoms with Gasteiger partial charge in [0.05, 0.1) is 62.0 Å². The molecule has 452 valence electrons. The quantitative estimate of drug-likeness (QED) is 0.0648. The zero-order chi connectivity index (χ0) is 61.2. The summed E-state index contributed by atoms with van der Waals surface area (Å²) in [6, 6.07) is 36.3. The van der Waals surface area contributed by atoms with Crippen LogP contribution in [0.4, 0.5) is 27.5 Å². The molecule has 19 heteroatoms. The summed E-state index contributed by atoms with van der Waals surface area (Å²) in [4.78, 5) is 86.1. The largest absolute Gasteiger partial charge is 0.493 e. The molecule has 0 bridgehead atoms. The number of rotatable bonds is 19. The van der Waals surface area contributed by atoms with Crippen LogP contribution in [-0.2, 0) is 14.3 Å². The number of hydrogen-bond donors (Lipinski definition) is 3. The van der Waals surface area contributed by atoms with Crippen molar-refractivity contribution >= 4 is 76.0 Å². The van der Waals surface area contributed by atoms with Crippen molar-refractivity contribution in [2.75, 3.05) is 77.5 Å². The first-order valence-corrected chi connectivity index (χ1v) is 29.9. The number of nitrogens with zero attached hydrogens (tertiary/aromatic N) is 6. The number of benzene rings is 6. The van der Waals surface area contributed by atoms with Crippen molar-refractivity contribution in [2.24, 2.45) is 15.9 Å². The Morgan fingerprint density at radius 2 is 1.11 bits per heavy atom. The number of anilines is 2. The molecule has 5 aliphatic heterocycles. The molecule has 6 aliphatic rings. The SMILES string of the molecule is COc1cc2c(cc1OCCCOc1cc3c(cc1OC)C(=O)N1C=C(c4ccc(N5CCN(C)CC5)cc4)C[C@H]1C=N3)N=CC1CC(c3ccc(NC(=O)[C@H](C)NC(=O)[C@@H](NC(=O)OCC4c5ccccc5-c5ccccc54)C(C)C)cc3)=CN1C2=O. The highest BCUT2D eigenvalue weighted by Crippen LogP contribution is 2.46. The van der Waals surface area contributed by atoms with E-state index in [0.29, 0.717) is 70.4 Å². The summed E-state index contributed by atoms with van der Waals surface area (Å²) in [6.07, 6.45) is 8.28. The minimum absolute atomic E-state index is 0.100. The molecule has 0 radical (unpaired) electrons. The molecule has 4 atom stereocenters. The molecular weight excluding hydrogens is 1110 g/mol. The van der Waals surface area contributed by atoms with Crippen LogP contribution in [0, 0.1) is 5.92 Å². The highest BCUT2D eigenvalue weighted by Gasteiger charge is 2.37. The van der Waals surface area contributed by atoms with E-state index in [2.05, 4.69) is 69.2 Å². The van der Waals surface area contributed by atoms with E-state index >= 15 is 0 Å². The predicted molar refractivity (Wildman–Crippen MR) is 339 cm³/mol. The second-order valence-electron chi connectivity index (χ2n) is 23.2. The fraction of sp³-hybridized carbons (Fsp3) is 0.319. The van der Waals surface area contributed by atoms with Gasteiger partial charge in [0.2, 0.25) is 11.8 Å². The highest BCUT2D eigenvalue weighted by molar-refractivity contribution is 6.07. The van der Waals surface area contributed by atoms with E-state index in [1.807, 2.05) is 67.1 Å². The van der Waals surface area contributed by atoms with Crippen LogP contribution < -0.4 is 39.8 Å². The van der Waals surface area contributed by atoms with Gasteiger partial charge in [0.1, 0.15) is 18.7 Å². The van der Waals surface area contributed by atoms with Crippen LogP contribution in [0.25, 0.3) is 22.3 Å². The van der Waals surface area contributed by atoms with Gasteiger partial charge >= 0.3 is 6.09 Å². The summed E-state index contributed by atoms with van der Waals surface area (Å²) in [5, 5.41) is 8.34. The van der Waals surface area contributed by atoms with Gasteiger partial charge in [-0.25, -0.2) is 4.79 Å².